The Morgan fingerprint density at radius 2 is 1.95 bits per heavy atom. The molecule has 112 valence electrons. The second-order valence-electron chi connectivity index (χ2n) is 4.36. The number of nitrogens with zero attached hydrogens (tertiary/aromatic N) is 1. The Morgan fingerprint density at radius 3 is 2.50 bits per heavy atom. The summed E-state index contributed by atoms with van der Waals surface area (Å²) in [7, 11) is 1.62. The minimum atomic E-state index is -4.59. The lowest BCUT2D eigenvalue weighted by Crippen LogP contribution is -2.35. The van der Waals surface area contributed by atoms with Crippen molar-refractivity contribution < 1.29 is 22.4 Å². The quantitative estimate of drug-likeness (QED) is 0.845. The molecule has 0 unspecified atom stereocenters. The zero-order valence-electron chi connectivity index (χ0n) is 11.2. The molecule has 1 amide bonds. The van der Waals surface area contributed by atoms with E-state index in [4.69, 9.17) is 0 Å². The van der Waals surface area contributed by atoms with E-state index in [0.29, 0.717) is 12.6 Å². The monoisotopic (exact) mass is 292 g/mol. The maximum Gasteiger partial charge on any atom is 0.416 e. The van der Waals surface area contributed by atoms with E-state index in [2.05, 4.69) is 5.32 Å². The van der Waals surface area contributed by atoms with Gasteiger partial charge in [0, 0.05) is 20.1 Å². The standard InChI is InChI=1S/C13H16F4N2O/c1-3-19(2)12(20)8-18-7-9-4-10(13(15,16)17)6-11(14)5-9/h4-6,18H,3,7-8H2,1-2H3. The van der Waals surface area contributed by atoms with E-state index in [9.17, 15) is 22.4 Å². The fourth-order valence-corrected chi connectivity index (χ4v) is 1.54. The largest absolute Gasteiger partial charge is 0.416 e. The van der Waals surface area contributed by atoms with Crippen molar-refractivity contribution in [2.24, 2.45) is 0 Å². The molecule has 0 spiro atoms. The van der Waals surface area contributed by atoms with Crippen LogP contribution in [0.4, 0.5) is 17.6 Å². The van der Waals surface area contributed by atoms with Crippen molar-refractivity contribution in [3.05, 3.63) is 35.1 Å². The summed E-state index contributed by atoms with van der Waals surface area (Å²) in [5, 5.41) is 2.70. The number of nitrogens with one attached hydrogen (secondary N) is 1. The predicted molar refractivity (Wildman–Crippen MR) is 66.4 cm³/mol. The van der Waals surface area contributed by atoms with Crippen LogP contribution in [0.1, 0.15) is 18.1 Å². The van der Waals surface area contributed by atoms with E-state index in [1.54, 1.807) is 14.0 Å². The highest BCUT2D eigenvalue weighted by Crippen LogP contribution is 2.30. The molecule has 20 heavy (non-hydrogen) atoms. The Balaban J connectivity index is 2.65. The van der Waals surface area contributed by atoms with Crippen LogP contribution in [0.25, 0.3) is 0 Å². The third kappa shape index (κ3) is 4.80. The minimum absolute atomic E-state index is 0.00979. The lowest BCUT2D eigenvalue weighted by molar-refractivity contribution is -0.137. The van der Waals surface area contributed by atoms with Gasteiger partial charge in [-0.25, -0.2) is 4.39 Å². The Hall–Kier alpha value is -1.63. The van der Waals surface area contributed by atoms with Crippen molar-refractivity contribution in [3.8, 4) is 0 Å². The first-order valence-corrected chi connectivity index (χ1v) is 6.05. The Bertz CT molecular complexity index is 474. The van der Waals surface area contributed by atoms with Crippen molar-refractivity contribution in [2.45, 2.75) is 19.6 Å². The molecule has 0 heterocycles. The third-order valence-corrected chi connectivity index (χ3v) is 2.79. The minimum Gasteiger partial charge on any atom is -0.345 e. The molecule has 0 atom stereocenters. The van der Waals surface area contributed by atoms with Crippen molar-refractivity contribution in [2.75, 3.05) is 20.1 Å². The smallest absolute Gasteiger partial charge is 0.345 e. The number of benzene rings is 1. The van der Waals surface area contributed by atoms with Crippen molar-refractivity contribution >= 4 is 5.91 Å². The Kier molecular flexibility index (Phi) is 5.50. The van der Waals surface area contributed by atoms with Crippen LogP contribution < -0.4 is 5.32 Å². The van der Waals surface area contributed by atoms with Gasteiger partial charge in [0.1, 0.15) is 5.82 Å². The molecule has 0 saturated heterocycles. The number of carbonyl (C=O) groups excluding carboxylic acids is 1. The number of amides is 1. The van der Waals surface area contributed by atoms with Gasteiger partial charge in [0.2, 0.25) is 5.91 Å². The maximum atomic E-state index is 13.1. The van der Waals surface area contributed by atoms with Gasteiger partial charge in [0.05, 0.1) is 12.1 Å². The Labute approximate surface area is 114 Å². The van der Waals surface area contributed by atoms with Crippen molar-refractivity contribution in [1.82, 2.24) is 10.2 Å². The highest BCUT2D eigenvalue weighted by molar-refractivity contribution is 5.77. The Morgan fingerprint density at radius 1 is 1.30 bits per heavy atom. The van der Waals surface area contributed by atoms with E-state index < -0.39 is 17.6 Å². The van der Waals surface area contributed by atoms with E-state index in [1.165, 1.54) is 4.90 Å². The molecule has 0 aliphatic carbocycles. The topological polar surface area (TPSA) is 32.3 Å². The lowest BCUT2D eigenvalue weighted by atomic mass is 10.1. The first kappa shape index (κ1) is 16.4. The van der Waals surface area contributed by atoms with Gasteiger partial charge in [0.15, 0.2) is 0 Å². The normalized spacial score (nSPS) is 11.5. The van der Waals surface area contributed by atoms with E-state index in [0.717, 1.165) is 12.1 Å². The van der Waals surface area contributed by atoms with Crippen molar-refractivity contribution in [1.29, 1.82) is 0 Å². The SMILES string of the molecule is CCN(C)C(=O)CNCc1cc(F)cc(C(F)(F)F)c1. The molecule has 1 aromatic rings. The van der Waals surface area contributed by atoms with Gasteiger partial charge in [-0.3, -0.25) is 4.79 Å². The summed E-state index contributed by atoms with van der Waals surface area (Å²) in [6.45, 7) is 2.32. The molecule has 0 saturated carbocycles. The average molecular weight is 292 g/mol. The number of hydrogen-bond acceptors (Lipinski definition) is 2. The highest BCUT2D eigenvalue weighted by atomic mass is 19.4. The summed E-state index contributed by atoms with van der Waals surface area (Å²) in [6.07, 6.45) is -4.59. The molecule has 0 aliphatic rings. The predicted octanol–water partition coefficient (Wildman–Crippen LogP) is 2.41. The van der Waals surface area contributed by atoms with Gasteiger partial charge in [-0.1, -0.05) is 0 Å². The van der Waals surface area contributed by atoms with Crippen molar-refractivity contribution in [3.63, 3.8) is 0 Å². The van der Waals surface area contributed by atoms with Crippen LogP contribution in [-0.2, 0) is 17.5 Å². The molecule has 7 heteroatoms. The van der Waals surface area contributed by atoms with E-state index >= 15 is 0 Å². The summed E-state index contributed by atoms with van der Waals surface area (Å²) in [4.78, 5) is 12.9. The van der Waals surface area contributed by atoms with Gasteiger partial charge in [-0.15, -0.1) is 0 Å². The summed E-state index contributed by atoms with van der Waals surface area (Å²) in [5.41, 5.74) is -0.893. The van der Waals surface area contributed by atoms with Crippen LogP contribution in [0.5, 0.6) is 0 Å². The first-order chi connectivity index (χ1) is 9.24. The zero-order chi connectivity index (χ0) is 15.3. The van der Waals surface area contributed by atoms with E-state index in [-0.39, 0.29) is 24.6 Å². The molecular weight excluding hydrogens is 276 g/mol. The number of rotatable bonds is 5. The van der Waals surface area contributed by atoms with Gasteiger partial charge in [-0.2, -0.15) is 13.2 Å². The second-order valence-corrected chi connectivity index (χ2v) is 4.36. The molecule has 0 fully saturated rings. The van der Waals surface area contributed by atoms with Crippen LogP contribution >= 0.6 is 0 Å². The second kappa shape index (κ2) is 6.69. The van der Waals surface area contributed by atoms with Crippen LogP contribution in [0.15, 0.2) is 18.2 Å². The summed E-state index contributed by atoms with van der Waals surface area (Å²) in [6, 6.07) is 2.32. The van der Waals surface area contributed by atoms with Crippen LogP contribution in [0.3, 0.4) is 0 Å². The van der Waals surface area contributed by atoms with Crippen LogP contribution in [-0.4, -0.2) is 30.9 Å². The molecule has 0 aromatic heterocycles. The number of likely N-dealkylation sites (N-methyl/N-ethyl adjacent to an activating group) is 1. The van der Waals surface area contributed by atoms with Gasteiger partial charge in [-0.05, 0) is 30.7 Å². The third-order valence-electron chi connectivity index (χ3n) is 2.79. The summed E-state index contributed by atoms with van der Waals surface area (Å²) in [5.74, 6) is -1.13. The van der Waals surface area contributed by atoms with Gasteiger partial charge >= 0.3 is 6.18 Å². The van der Waals surface area contributed by atoms with Gasteiger partial charge in [0.25, 0.3) is 0 Å². The fourth-order valence-electron chi connectivity index (χ4n) is 1.54. The molecular formula is C13H16F4N2O. The molecule has 0 aliphatic heterocycles. The number of hydrogen-bond donors (Lipinski definition) is 1. The van der Waals surface area contributed by atoms with Crippen LogP contribution in [0.2, 0.25) is 0 Å². The molecule has 1 aromatic carbocycles. The molecule has 1 N–H and O–H groups in total. The number of halogens is 4. The highest BCUT2D eigenvalue weighted by Gasteiger charge is 2.31. The fraction of sp³-hybridized carbons (Fsp3) is 0.462. The van der Waals surface area contributed by atoms with E-state index in [1.807, 2.05) is 0 Å². The molecule has 0 bridgehead atoms. The van der Waals surface area contributed by atoms with Gasteiger partial charge < -0.3 is 10.2 Å². The maximum absolute atomic E-state index is 13.1. The average Bonchev–Trinajstić information content (AvgIpc) is 2.36. The summed E-state index contributed by atoms with van der Waals surface area (Å²) < 4.78 is 50.6. The molecule has 1 rings (SSSR count). The summed E-state index contributed by atoms with van der Waals surface area (Å²) >= 11 is 0. The molecule has 0 radical (unpaired) electrons. The number of carbonyl (C=O) groups is 1. The lowest BCUT2D eigenvalue weighted by Gasteiger charge is -2.15. The molecule has 3 nitrogen and oxygen atoms in total. The zero-order valence-corrected chi connectivity index (χ0v) is 11.2. The number of alkyl halides is 3. The van der Waals surface area contributed by atoms with Crippen LogP contribution in [0, 0.1) is 5.82 Å². The first-order valence-electron chi connectivity index (χ1n) is 6.05.